The molecular formula is C13H17NO3. The molecule has 0 fully saturated rings. The van der Waals surface area contributed by atoms with E-state index in [0.29, 0.717) is 0 Å². The minimum absolute atomic E-state index is 0.0250. The first-order valence-corrected chi connectivity index (χ1v) is 5.88. The molecule has 1 aliphatic carbocycles. The Hall–Kier alpha value is -1.55. The Morgan fingerprint density at radius 3 is 3.00 bits per heavy atom. The maximum atomic E-state index is 10.8. The molecule has 0 bridgehead atoms. The van der Waals surface area contributed by atoms with Gasteiger partial charge in [-0.05, 0) is 49.4 Å². The highest BCUT2D eigenvalue weighted by molar-refractivity contribution is 5.72. The second-order valence-electron chi connectivity index (χ2n) is 4.55. The number of phenols is 1. The molecule has 0 aromatic heterocycles. The first-order valence-electron chi connectivity index (χ1n) is 5.88. The van der Waals surface area contributed by atoms with Crippen molar-refractivity contribution in [1.29, 1.82) is 0 Å². The third-order valence-corrected chi connectivity index (χ3v) is 3.27. The summed E-state index contributed by atoms with van der Waals surface area (Å²) in [6.07, 6.45) is 2.95. The van der Waals surface area contributed by atoms with E-state index in [2.05, 4.69) is 5.32 Å². The lowest BCUT2D eigenvalue weighted by Crippen LogP contribution is -2.38. The third kappa shape index (κ3) is 2.58. The summed E-state index contributed by atoms with van der Waals surface area (Å²) in [4.78, 5) is 10.8. The number of hydrogen-bond acceptors (Lipinski definition) is 3. The molecule has 0 spiro atoms. The van der Waals surface area contributed by atoms with Gasteiger partial charge in [0.25, 0.3) is 0 Å². The number of aryl methyl sites for hydroxylation is 1. The van der Waals surface area contributed by atoms with Crippen LogP contribution < -0.4 is 5.32 Å². The van der Waals surface area contributed by atoms with Crippen molar-refractivity contribution in [2.45, 2.75) is 38.3 Å². The zero-order valence-corrected chi connectivity index (χ0v) is 9.81. The average Bonchev–Trinajstić information content (AvgIpc) is 2.29. The van der Waals surface area contributed by atoms with Crippen molar-refractivity contribution in [3.63, 3.8) is 0 Å². The lowest BCUT2D eigenvalue weighted by atomic mass is 9.87. The highest BCUT2D eigenvalue weighted by Gasteiger charge is 2.23. The van der Waals surface area contributed by atoms with Crippen LogP contribution in [0.4, 0.5) is 0 Å². The van der Waals surface area contributed by atoms with E-state index in [4.69, 9.17) is 5.11 Å². The highest BCUT2D eigenvalue weighted by Crippen LogP contribution is 2.32. The molecule has 1 aliphatic rings. The Morgan fingerprint density at radius 2 is 2.29 bits per heavy atom. The number of aliphatic carboxylic acids is 1. The zero-order chi connectivity index (χ0) is 12.4. The second kappa shape index (κ2) is 4.75. The minimum atomic E-state index is -0.850. The van der Waals surface area contributed by atoms with Crippen molar-refractivity contribution in [2.75, 3.05) is 0 Å². The van der Waals surface area contributed by atoms with Crippen LogP contribution in [0.5, 0.6) is 5.75 Å². The molecule has 0 heterocycles. The van der Waals surface area contributed by atoms with E-state index in [0.717, 1.165) is 24.8 Å². The molecule has 0 aliphatic heterocycles. The van der Waals surface area contributed by atoms with Gasteiger partial charge in [0.05, 0.1) is 0 Å². The molecule has 3 N–H and O–H groups in total. The van der Waals surface area contributed by atoms with Crippen molar-refractivity contribution in [1.82, 2.24) is 5.32 Å². The lowest BCUT2D eigenvalue weighted by molar-refractivity contribution is -0.139. The van der Waals surface area contributed by atoms with Crippen LogP contribution in [-0.2, 0) is 11.2 Å². The summed E-state index contributed by atoms with van der Waals surface area (Å²) >= 11 is 0. The molecule has 4 heteroatoms. The van der Waals surface area contributed by atoms with Gasteiger partial charge in [-0.2, -0.15) is 0 Å². The van der Waals surface area contributed by atoms with Crippen LogP contribution in [0.3, 0.4) is 0 Å². The zero-order valence-electron chi connectivity index (χ0n) is 9.81. The van der Waals surface area contributed by atoms with E-state index in [1.165, 1.54) is 5.56 Å². The summed E-state index contributed by atoms with van der Waals surface area (Å²) in [6, 6.07) is 4.79. The molecule has 1 aromatic rings. The van der Waals surface area contributed by atoms with Crippen molar-refractivity contribution >= 4 is 5.97 Å². The van der Waals surface area contributed by atoms with Gasteiger partial charge in [-0.1, -0.05) is 6.07 Å². The molecule has 1 unspecified atom stereocenters. The first-order chi connectivity index (χ1) is 8.08. The van der Waals surface area contributed by atoms with Crippen LogP contribution in [0.25, 0.3) is 0 Å². The summed E-state index contributed by atoms with van der Waals surface area (Å²) in [6.45, 7) is 1.64. The Kier molecular flexibility index (Phi) is 3.33. The van der Waals surface area contributed by atoms with Crippen molar-refractivity contribution < 1.29 is 15.0 Å². The number of rotatable bonds is 3. The molecule has 1 aromatic carbocycles. The van der Waals surface area contributed by atoms with E-state index in [9.17, 15) is 9.90 Å². The van der Waals surface area contributed by atoms with Gasteiger partial charge in [0.15, 0.2) is 0 Å². The SMILES string of the molecule is C[C@@H](NC1CCCc2ccc(O)cc21)C(=O)O. The van der Waals surface area contributed by atoms with Gasteiger partial charge in [-0.25, -0.2) is 0 Å². The minimum Gasteiger partial charge on any atom is -0.508 e. The van der Waals surface area contributed by atoms with Gasteiger partial charge in [0, 0.05) is 6.04 Å². The predicted octanol–water partition coefficient (Wildman–Crippen LogP) is 1.83. The maximum Gasteiger partial charge on any atom is 0.320 e. The fourth-order valence-corrected chi connectivity index (χ4v) is 2.33. The van der Waals surface area contributed by atoms with Gasteiger partial charge >= 0.3 is 5.97 Å². The molecule has 0 saturated heterocycles. The van der Waals surface area contributed by atoms with Gasteiger partial charge in [0.1, 0.15) is 11.8 Å². The molecular weight excluding hydrogens is 218 g/mol. The summed E-state index contributed by atoms with van der Waals surface area (Å²) in [7, 11) is 0. The van der Waals surface area contributed by atoms with Crippen LogP contribution in [-0.4, -0.2) is 22.2 Å². The Bertz CT molecular complexity index is 431. The van der Waals surface area contributed by atoms with E-state index in [-0.39, 0.29) is 11.8 Å². The Morgan fingerprint density at radius 1 is 1.53 bits per heavy atom. The summed E-state index contributed by atoms with van der Waals surface area (Å²) in [5.74, 6) is -0.613. The highest BCUT2D eigenvalue weighted by atomic mass is 16.4. The van der Waals surface area contributed by atoms with Crippen LogP contribution >= 0.6 is 0 Å². The number of fused-ring (bicyclic) bond motifs is 1. The normalized spacial score (nSPS) is 20.6. The summed E-state index contributed by atoms with van der Waals surface area (Å²) < 4.78 is 0. The average molecular weight is 235 g/mol. The maximum absolute atomic E-state index is 10.8. The Labute approximate surface area is 100 Å². The number of carboxylic acids is 1. The molecule has 0 amide bonds. The smallest absolute Gasteiger partial charge is 0.320 e. The number of aromatic hydroxyl groups is 1. The second-order valence-corrected chi connectivity index (χ2v) is 4.55. The van der Waals surface area contributed by atoms with Crippen LogP contribution in [0.15, 0.2) is 18.2 Å². The van der Waals surface area contributed by atoms with Gasteiger partial charge < -0.3 is 10.2 Å². The topological polar surface area (TPSA) is 69.6 Å². The van der Waals surface area contributed by atoms with Crippen LogP contribution in [0, 0.1) is 0 Å². The molecule has 0 radical (unpaired) electrons. The number of carboxylic acid groups (broad SMARTS) is 1. The monoisotopic (exact) mass is 235 g/mol. The number of phenolic OH excluding ortho intramolecular Hbond substituents is 1. The fourth-order valence-electron chi connectivity index (χ4n) is 2.33. The van der Waals surface area contributed by atoms with E-state index in [1.54, 1.807) is 19.1 Å². The molecule has 2 rings (SSSR count). The van der Waals surface area contributed by atoms with Gasteiger partial charge in [-0.15, -0.1) is 0 Å². The number of hydrogen-bond donors (Lipinski definition) is 3. The molecule has 2 atom stereocenters. The quantitative estimate of drug-likeness (QED) is 0.747. The Balaban J connectivity index is 2.22. The van der Waals surface area contributed by atoms with Gasteiger partial charge in [0.2, 0.25) is 0 Å². The summed E-state index contributed by atoms with van der Waals surface area (Å²) in [5, 5.41) is 21.5. The van der Waals surface area contributed by atoms with E-state index >= 15 is 0 Å². The summed E-state index contributed by atoms with van der Waals surface area (Å²) in [5.41, 5.74) is 2.23. The lowest BCUT2D eigenvalue weighted by Gasteiger charge is -2.28. The number of nitrogens with one attached hydrogen (secondary N) is 1. The largest absolute Gasteiger partial charge is 0.508 e. The molecule has 17 heavy (non-hydrogen) atoms. The number of benzene rings is 1. The number of carbonyl (C=O) groups is 1. The van der Waals surface area contributed by atoms with Crippen LogP contribution in [0.1, 0.15) is 36.9 Å². The molecule has 92 valence electrons. The molecule has 4 nitrogen and oxygen atoms in total. The van der Waals surface area contributed by atoms with E-state index in [1.807, 2.05) is 6.07 Å². The van der Waals surface area contributed by atoms with Crippen LogP contribution in [0.2, 0.25) is 0 Å². The fraction of sp³-hybridized carbons (Fsp3) is 0.462. The van der Waals surface area contributed by atoms with Gasteiger partial charge in [-0.3, -0.25) is 10.1 Å². The molecule has 0 saturated carbocycles. The van der Waals surface area contributed by atoms with Crippen molar-refractivity contribution in [3.8, 4) is 5.75 Å². The predicted molar refractivity (Wildman–Crippen MR) is 64.0 cm³/mol. The van der Waals surface area contributed by atoms with Crippen molar-refractivity contribution in [3.05, 3.63) is 29.3 Å². The van der Waals surface area contributed by atoms with Crippen molar-refractivity contribution in [2.24, 2.45) is 0 Å². The first kappa shape index (κ1) is 11.9. The van der Waals surface area contributed by atoms with E-state index < -0.39 is 12.0 Å². The standard InChI is InChI=1S/C13H17NO3/c1-8(13(16)17)14-12-4-2-3-9-5-6-10(15)7-11(9)12/h5-8,12,14-15H,2-4H2,1H3,(H,16,17)/t8-,12?/m1/s1. The third-order valence-electron chi connectivity index (χ3n) is 3.27.